The van der Waals surface area contributed by atoms with E-state index < -0.39 is 30.0 Å². The number of allylic oxidation sites excluding steroid dienone is 2. The quantitative estimate of drug-likeness (QED) is 0.494. The van der Waals surface area contributed by atoms with E-state index in [1.54, 1.807) is 0 Å². The highest BCUT2D eigenvalue weighted by molar-refractivity contribution is 6.01. The highest BCUT2D eigenvalue weighted by atomic mass is 16.7. The van der Waals surface area contributed by atoms with Gasteiger partial charge in [-0.1, -0.05) is 24.6 Å². The number of amides is 2. The molecule has 8 nitrogen and oxygen atoms in total. The molecule has 0 radical (unpaired) electrons. The second kappa shape index (κ2) is 8.18. The maximum absolute atomic E-state index is 11.9. The summed E-state index contributed by atoms with van der Waals surface area (Å²) in [5.41, 5.74) is 1.86. The maximum Gasteiger partial charge on any atom is 0.373 e. The van der Waals surface area contributed by atoms with Crippen LogP contribution in [0.1, 0.15) is 85.0 Å². The van der Waals surface area contributed by atoms with E-state index in [-0.39, 0.29) is 23.7 Å². The second-order valence-electron chi connectivity index (χ2n) is 11.7. The number of nitrogens with zero attached hydrogens (tertiary/aromatic N) is 2. The number of hydrogen-bond acceptors (Lipinski definition) is 7. The molecule has 4 aliphatic carbocycles. The van der Waals surface area contributed by atoms with Gasteiger partial charge in [-0.3, -0.25) is 9.59 Å². The first kappa shape index (κ1) is 23.5. The summed E-state index contributed by atoms with van der Waals surface area (Å²) in [6.45, 7) is 6.32. The molecule has 2 amide bonds. The fraction of sp³-hybridized carbons (Fsp3) is 0.769. The van der Waals surface area contributed by atoms with E-state index in [4.69, 9.17) is 9.68 Å². The Kier molecular flexibility index (Phi) is 5.66. The first-order valence-corrected chi connectivity index (χ1v) is 12.7. The highest BCUT2D eigenvalue weighted by Crippen LogP contribution is 2.67. The largest absolute Gasteiger partial charge is 0.390 e. The average molecular weight is 473 g/mol. The van der Waals surface area contributed by atoms with Gasteiger partial charge in [-0.15, -0.1) is 5.06 Å². The van der Waals surface area contributed by atoms with Crippen LogP contribution in [-0.2, 0) is 24.1 Å². The summed E-state index contributed by atoms with van der Waals surface area (Å²) < 4.78 is 0. The molecule has 1 aliphatic heterocycles. The topological polar surface area (TPSA) is 106 Å². The van der Waals surface area contributed by atoms with Crippen molar-refractivity contribution in [3.05, 3.63) is 11.6 Å². The van der Waals surface area contributed by atoms with Gasteiger partial charge in [0.15, 0.2) is 0 Å². The van der Waals surface area contributed by atoms with Crippen molar-refractivity contribution in [3.8, 4) is 0 Å². The number of oxime groups is 1. The van der Waals surface area contributed by atoms with Gasteiger partial charge in [-0.2, -0.15) is 0 Å². The van der Waals surface area contributed by atoms with Gasteiger partial charge in [0, 0.05) is 12.8 Å². The predicted octanol–water partition coefficient (Wildman–Crippen LogP) is 3.68. The van der Waals surface area contributed by atoms with Crippen molar-refractivity contribution in [3.63, 3.8) is 0 Å². The molecule has 0 aromatic heterocycles. The van der Waals surface area contributed by atoms with Crippen LogP contribution in [0, 0.1) is 28.6 Å². The van der Waals surface area contributed by atoms with Crippen molar-refractivity contribution < 1.29 is 29.2 Å². The van der Waals surface area contributed by atoms with Crippen molar-refractivity contribution in [2.24, 2.45) is 33.7 Å². The van der Waals surface area contributed by atoms with E-state index in [0.29, 0.717) is 22.8 Å². The number of carbonyl (C=O) groups excluding carboxylic acids is 3. The smallest absolute Gasteiger partial charge is 0.373 e. The molecule has 5 aliphatic rings. The number of fused-ring (bicyclic) bond motifs is 5. The zero-order chi connectivity index (χ0) is 24.3. The second-order valence-corrected chi connectivity index (χ2v) is 11.7. The molecule has 8 heteroatoms. The van der Waals surface area contributed by atoms with Gasteiger partial charge >= 0.3 is 5.97 Å². The van der Waals surface area contributed by atoms with Crippen LogP contribution in [0.5, 0.6) is 0 Å². The van der Waals surface area contributed by atoms with Crippen LogP contribution >= 0.6 is 0 Å². The van der Waals surface area contributed by atoms with Crippen LogP contribution in [0.3, 0.4) is 0 Å². The Balaban J connectivity index is 1.22. The van der Waals surface area contributed by atoms with E-state index >= 15 is 0 Å². The molecule has 1 heterocycles. The third kappa shape index (κ3) is 3.60. The SMILES string of the molecule is C[C@]12CC/C(=N\OCC(=O)ON3C(=O)CCC3=O)C=C1CC[C@@H]1C2CC[C@@]2(C)C1CC[C@]2(C)O. The molecule has 0 spiro atoms. The molecule has 1 N–H and O–H groups in total. The molecule has 0 aromatic rings. The van der Waals surface area contributed by atoms with Crippen LogP contribution in [0.15, 0.2) is 16.8 Å². The summed E-state index contributed by atoms with van der Waals surface area (Å²) in [5.74, 6) is 0.0438. The summed E-state index contributed by atoms with van der Waals surface area (Å²) in [7, 11) is 0. The van der Waals surface area contributed by atoms with E-state index in [1.165, 1.54) is 5.57 Å². The van der Waals surface area contributed by atoms with Gasteiger partial charge in [0.05, 0.1) is 11.3 Å². The van der Waals surface area contributed by atoms with Crippen molar-refractivity contribution >= 4 is 23.5 Å². The van der Waals surface area contributed by atoms with Gasteiger partial charge in [0.25, 0.3) is 11.8 Å². The van der Waals surface area contributed by atoms with Crippen LogP contribution in [0.25, 0.3) is 0 Å². The highest BCUT2D eigenvalue weighted by Gasteiger charge is 2.62. The molecule has 0 aromatic carbocycles. The van der Waals surface area contributed by atoms with Crippen LogP contribution in [-0.4, -0.2) is 45.9 Å². The van der Waals surface area contributed by atoms with E-state index in [2.05, 4.69) is 25.1 Å². The lowest BCUT2D eigenvalue weighted by atomic mass is 9.46. The van der Waals surface area contributed by atoms with Gasteiger partial charge < -0.3 is 14.8 Å². The number of hydrogen-bond donors (Lipinski definition) is 1. The first-order chi connectivity index (χ1) is 16.0. The van der Waals surface area contributed by atoms with Crippen molar-refractivity contribution in [2.75, 3.05) is 6.61 Å². The maximum atomic E-state index is 11.9. The standard InChI is InChI=1S/C26H36N2O6/c1-24-11-8-17(27-33-15-23(31)34-28-21(29)6-7-22(28)30)14-16(24)4-5-18-19(24)9-12-25(2)20(18)10-13-26(25,3)32/h14,18-20,32H,4-13,15H2,1-3H3/b27-17+/t18-,19?,20?,24+,25+,26+/m1/s1. The Morgan fingerprint density at radius 1 is 1.03 bits per heavy atom. The number of imide groups is 1. The van der Waals surface area contributed by atoms with Crippen LogP contribution < -0.4 is 0 Å². The zero-order valence-electron chi connectivity index (χ0n) is 20.5. The first-order valence-electron chi connectivity index (χ1n) is 12.7. The van der Waals surface area contributed by atoms with Crippen LogP contribution in [0.4, 0.5) is 0 Å². The lowest BCUT2D eigenvalue weighted by Gasteiger charge is -2.59. The minimum absolute atomic E-state index is 0.0276. The summed E-state index contributed by atoms with van der Waals surface area (Å²) >= 11 is 0. The molecule has 186 valence electrons. The predicted molar refractivity (Wildman–Crippen MR) is 123 cm³/mol. The molecule has 34 heavy (non-hydrogen) atoms. The zero-order valence-corrected chi connectivity index (χ0v) is 20.5. The monoisotopic (exact) mass is 472 g/mol. The van der Waals surface area contributed by atoms with Gasteiger partial charge in [0.1, 0.15) is 0 Å². The van der Waals surface area contributed by atoms with Crippen LogP contribution in [0.2, 0.25) is 0 Å². The number of hydroxylamine groups is 2. The van der Waals surface area contributed by atoms with Gasteiger partial charge in [-0.25, -0.2) is 4.79 Å². The molecule has 3 saturated carbocycles. The fourth-order valence-electron chi connectivity index (χ4n) is 7.84. The van der Waals surface area contributed by atoms with E-state index in [1.807, 2.05) is 6.92 Å². The Labute approximate surface area is 200 Å². The summed E-state index contributed by atoms with van der Waals surface area (Å²) in [6, 6.07) is 0. The Bertz CT molecular complexity index is 954. The summed E-state index contributed by atoms with van der Waals surface area (Å²) in [4.78, 5) is 45.1. The fourth-order valence-corrected chi connectivity index (χ4v) is 7.84. The Morgan fingerprint density at radius 2 is 1.74 bits per heavy atom. The lowest BCUT2D eigenvalue weighted by Crippen LogP contribution is -2.53. The molecule has 2 unspecified atom stereocenters. The molecular weight excluding hydrogens is 436 g/mol. The molecule has 1 saturated heterocycles. The number of aliphatic hydroxyl groups is 1. The van der Waals surface area contributed by atoms with Crippen molar-refractivity contribution in [1.82, 2.24) is 5.06 Å². The third-order valence-electron chi connectivity index (χ3n) is 10.1. The van der Waals surface area contributed by atoms with E-state index in [0.717, 1.165) is 57.1 Å². The third-order valence-corrected chi connectivity index (χ3v) is 10.1. The Hall–Kier alpha value is -2.22. The van der Waals surface area contributed by atoms with Crippen molar-refractivity contribution in [1.29, 1.82) is 0 Å². The van der Waals surface area contributed by atoms with Gasteiger partial charge in [0.2, 0.25) is 6.61 Å². The lowest BCUT2D eigenvalue weighted by molar-refractivity contribution is -0.200. The molecule has 5 rings (SSSR count). The minimum atomic E-state index is -0.820. The summed E-state index contributed by atoms with van der Waals surface area (Å²) in [6.07, 6.45) is 10.5. The minimum Gasteiger partial charge on any atom is -0.390 e. The van der Waals surface area contributed by atoms with E-state index in [9.17, 15) is 19.5 Å². The van der Waals surface area contributed by atoms with Gasteiger partial charge in [-0.05, 0) is 93.0 Å². The average Bonchev–Trinajstić information content (AvgIpc) is 3.23. The number of rotatable bonds is 4. The molecular formula is C26H36N2O6. The molecule has 6 atom stereocenters. The normalized spacial score (nSPS) is 42.7. The summed E-state index contributed by atoms with van der Waals surface area (Å²) in [5, 5.41) is 15.8. The van der Waals surface area contributed by atoms with Crippen molar-refractivity contribution in [2.45, 2.75) is 90.6 Å². The Morgan fingerprint density at radius 3 is 2.47 bits per heavy atom. The molecule has 4 fully saturated rings. The molecule has 0 bridgehead atoms. The number of carbonyl (C=O) groups is 3.